The molecule has 0 aliphatic rings. The number of hydrogen-bond donors (Lipinski definition) is 1. The highest BCUT2D eigenvalue weighted by Crippen LogP contribution is 2.34. The first-order valence-corrected chi connectivity index (χ1v) is 5.63. The first-order chi connectivity index (χ1) is 7.45. The lowest BCUT2D eigenvalue weighted by Crippen LogP contribution is -2.12. The second kappa shape index (κ2) is 5.53. The van der Waals surface area contributed by atoms with Crippen molar-refractivity contribution in [2.45, 2.75) is 6.92 Å². The van der Waals surface area contributed by atoms with Crippen LogP contribution in [-0.4, -0.2) is 17.5 Å². The van der Waals surface area contributed by atoms with Gasteiger partial charge in [0.05, 0.1) is 15.9 Å². The van der Waals surface area contributed by atoms with Crippen LogP contribution in [0.1, 0.15) is 17.3 Å². The third kappa shape index (κ3) is 3.11. The second-order valence-electron chi connectivity index (χ2n) is 3.08. The van der Waals surface area contributed by atoms with Crippen LogP contribution in [0, 0.1) is 0 Å². The Morgan fingerprint density at radius 1 is 1.38 bits per heavy atom. The minimum Gasteiger partial charge on any atom is -0.386 e. The molecule has 6 heteroatoms. The summed E-state index contributed by atoms with van der Waals surface area (Å²) in [7, 11) is 0. The highest BCUT2D eigenvalue weighted by Gasteiger charge is 2.10. The molecule has 0 radical (unpaired) electrons. The molecule has 0 atom stereocenters. The molecule has 0 unspecified atom stereocenters. The maximum Gasteiger partial charge on any atom is 0.159 e. The van der Waals surface area contributed by atoms with Crippen LogP contribution in [0.25, 0.3) is 0 Å². The highest BCUT2D eigenvalue weighted by atomic mass is 35.5. The van der Waals surface area contributed by atoms with E-state index in [2.05, 4.69) is 4.99 Å². The molecule has 3 nitrogen and oxygen atoms in total. The number of benzene rings is 1. The van der Waals surface area contributed by atoms with Crippen LogP contribution in [0.2, 0.25) is 10.0 Å². The predicted octanol–water partition coefficient (Wildman–Crippen LogP) is 3.42. The van der Waals surface area contributed by atoms with E-state index in [1.165, 1.54) is 19.1 Å². The smallest absolute Gasteiger partial charge is 0.159 e. The number of carbonyl (C=O) groups excluding carboxylic acids is 1. The van der Waals surface area contributed by atoms with E-state index in [1.807, 2.05) is 0 Å². The Balaban J connectivity index is 3.28. The van der Waals surface area contributed by atoms with E-state index in [9.17, 15) is 4.79 Å². The summed E-state index contributed by atoms with van der Waals surface area (Å²) in [6, 6.07) is 2.99. The number of carbonyl (C=O) groups is 1. The van der Waals surface area contributed by atoms with Crippen molar-refractivity contribution in [1.29, 1.82) is 0 Å². The van der Waals surface area contributed by atoms with Gasteiger partial charge in [-0.25, -0.2) is 4.99 Å². The van der Waals surface area contributed by atoms with Crippen LogP contribution < -0.4 is 5.73 Å². The molecule has 1 aromatic carbocycles. The third-order valence-corrected chi connectivity index (χ3v) is 2.67. The largest absolute Gasteiger partial charge is 0.386 e. The van der Waals surface area contributed by atoms with Crippen LogP contribution >= 0.6 is 34.8 Å². The Kier molecular flexibility index (Phi) is 4.59. The molecule has 0 spiro atoms. The minimum absolute atomic E-state index is 0.0844. The van der Waals surface area contributed by atoms with Crippen molar-refractivity contribution in [3.8, 4) is 0 Å². The number of nitrogens with zero attached hydrogens (tertiary/aromatic N) is 1. The van der Waals surface area contributed by atoms with Gasteiger partial charge in [-0.05, 0) is 19.1 Å². The van der Waals surface area contributed by atoms with E-state index in [0.29, 0.717) is 11.3 Å². The zero-order chi connectivity index (χ0) is 12.3. The number of amidine groups is 1. The van der Waals surface area contributed by atoms with Gasteiger partial charge in [0.25, 0.3) is 0 Å². The summed E-state index contributed by atoms with van der Waals surface area (Å²) in [5, 5.41) is 0.538. The lowest BCUT2D eigenvalue weighted by atomic mass is 10.1. The maximum atomic E-state index is 11.1. The number of rotatable bonds is 3. The minimum atomic E-state index is -0.121. The first kappa shape index (κ1) is 13.3. The fourth-order valence-corrected chi connectivity index (χ4v) is 1.68. The number of nitrogens with two attached hydrogens (primary N) is 1. The van der Waals surface area contributed by atoms with Crippen LogP contribution in [0.4, 0.5) is 5.69 Å². The number of Topliss-reactive ketones (excluding diaryl/α,β-unsaturated/α-hetero) is 1. The van der Waals surface area contributed by atoms with Gasteiger partial charge < -0.3 is 5.73 Å². The average Bonchev–Trinajstić information content (AvgIpc) is 2.22. The first-order valence-electron chi connectivity index (χ1n) is 4.34. The summed E-state index contributed by atoms with van der Waals surface area (Å²) in [5.41, 5.74) is 6.23. The van der Waals surface area contributed by atoms with Crippen molar-refractivity contribution in [2.24, 2.45) is 10.7 Å². The number of hydrogen-bond acceptors (Lipinski definition) is 2. The number of aliphatic imine (C=N–C) groups is 1. The van der Waals surface area contributed by atoms with E-state index in [0.717, 1.165) is 0 Å². The van der Waals surface area contributed by atoms with E-state index < -0.39 is 0 Å². The number of halogens is 3. The quantitative estimate of drug-likeness (QED) is 0.399. The van der Waals surface area contributed by atoms with Gasteiger partial charge in [-0.3, -0.25) is 4.79 Å². The standard InChI is InChI=1S/C10H9Cl3N2O/c1-5(16)6-2-7(12)10(8(13)3-6)15-9(14)4-11/h2-3H,4H2,1H3,(H2,14,15). The normalized spacial score (nSPS) is 11.6. The molecular weight excluding hydrogens is 270 g/mol. The van der Waals surface area contributed by atoms with E-state index in [-0.39, 0.29) is 27.5 Å². The summed E-state index contributed by atoms with van der Waals surface area (Å²) in [6.45, 7) is 1.43. The van der Waals surface area contributed by atoms with Crippen molar-refractivity contribution in [1.82, 2.24) is 0 Å². The van der Waals surface area contributed by atoms with Gasteiger partial charge in [0.2, 0.25) is 0 Å². The molecule has 0 aromatic heterocycles. The van der Waals surface area contributed by atoms with Crippen LogP contribution in [0.3, 0.4) is 0 Å². The Morgan fingerprint density at radius 3 is 2.25 bits per heavy atom. The molecule has 0 amide bonds. The third-order valence-electron chi connectivity index (χ3n) is 1.82. The van der Waals surface area contributed by atoms with E-state index >= 15 is 0 Å². The van der Waals surface area contributed by atoms with Gasteiger partial charge in [0, 0.05) is 5.56 Å². The Bertz CT molecular complexity index is 434. The van der Waals surface area contributed by atoms with Crippen molar-refractivity contribution in [3.05, 3.63) is 27.7 Å². The van der Waals surface area contributed by atoms with Gasteiger partial charge >= 0.3 is 0 Å². The van der Waals surface area contributed by atoms with Crippen LogP contribution in [-0.2, 0) is 0 Å². The Hall–Kier alpha value is -0.770. The van der Waals surface area contributed by atoms with Crippen molar-refractivity contribution in [2.75, 3.05) is 5.88 Å². The zero-order valence-electron chi connectivity index (χ0n) is 8.43. The van der Waals surface area contributed by atoms with Gasteiger partial charge in [0.1, 0.15) is 11.5 Å². The lowest BCUT2D eigenvalue weighted by molar-refractivity contribution is 0.101. The SMILES string of the molecule is CC(=O)c1cc(Cl)c(N=C(N)CCl)c(Cl)c1. The van der Waals surface area contributed by atoms with E-state index in [4.69, 9.17) is 40.5 Å². The zero-order valence-corrected chi connectivity index (χ0v) is 10.7. The molecule has 86 valence electrons. The molecule has 1 aromatic rings. The molecule has 0 saturated carbocycles. The fraction of sp³-hybridized carbons (Fsp3) is 0.200. The summed E-state index contributed by atoms with van der Waals surface area (Å²) in [4.78, 5) is 15.1. The van der Waals surface area contributed by atoms with Gasteiger partial charge in [0.15, 0.2) is 5.78 Å². The van der Waals surface area contributed by atoms with Crippen molar-refractivity contribution < 1.29 is 4.79 Å². The topological polar surface area (TPSA) is 55.5 Å². The summed E-state index contributed by atoms with van der Waals surface area (Å²) in [5.74, 6) is 0.173. The number of alkyl halides is 1. The Morgan fingerprint density at radius 2 is 1.88 bits per heavy atom. The summed E-state index contributed by atoms with van der Waals surface area (Å²) >= 11 is 17.4. The van der Waals surface area contributed by atoms with Gasteiger partial charge in [-0.1, -0.05) is 23.2 Å². The van der Waals surface area contributed by atoms with Crippen molar-refractivity contribution >= 4 is 52.1 Å². The molecule has 0 saturated heterocycles. The fourth-order valence-electron chi connectivity index (χ4n) is 1.05. The second-order valence-corrected chi connectivity index (χ2v) is 4.16. The monoisotopic (exact) mass is 278 g/mol. The summed E-state index contributed by atoms with van der Waals surface area (Å²) < 4.78 is 0. The average molecular weight is 280 g/mol. The lowest BCUT2D eigenvalue weighted by Gasteiger charge is -2.05. The molecule has 0 bridgehead atoms. The Labute approximate surface area is 108 Å². The molecular formula is C10H9Cl3N2O. The van der Waals surface area contributed by atoms with Gasteiger partial charge in [-0.15, -0.1) is 11.6 Å². The van der Waals surface area contributed by atoms with Crippen LogP contribution in [0.5, 0.6) is 0 Å². The van der Waals surface area contributed by atoms with Crippen molar-refractivity contribution in [3.63, 3.8) is 0 Å². The van der Waals surface area contributed by atoms with Gasteiger partial charge in [-0.2, -0.15) is 0 Å². The molecule has 2 N–H and O–H groups in total. The molecule has 1 rings (SSSR count). The maximum absolute atomic E-state index is 11.1. The number of ketones is 1. The summed E-state index contributed by atoms with van der Waals surface area (Å²) in [6.07, 6.45) is 0. The molecule has 0 aliphatic heterocycles. The molecule has 16 heavy (non-hydrogen) atoms. The highest BCUT2D eigenvalue weighted by molar-refractivity contribution is 6.39. The van der Waals surface area contributed by atoms with E-state index in [1.54, 1.807) is 0 Å². The van der Waals surface area contributed by atoms with Crippen LogP contribution in [0.15, 0.2) is 17.1 Å². The molecule has 0 fully saturated rings. The predicted molar refractivity (Wildman–Crippen MR) is 68.5 cm³/mol. The molecule has 0 aliphatic carbocycles. The molecule has 0 heterocycles.